The second kappa shape index (κ2) is 10.6. The maximum atomic E-state index is 13.7. The molecule has 1 atom stereocenters. The lowest BCUT2D eigenvalue weighted by Crippen LogP contribution is -2.31. The minimum atomic E-state index is -0.537. The third kappa shape index (κ3) is 4.82. The van der Waals surface area contributed by atoms with E-state index in [2.05, 4.69) is 20.7 Å². The SMILES string of the molecule is COc1cc(C2C(C(=O)Nc3cccc(C)c3C)=C(C)Nc3ncnn32)ccc1OCc1ccccc1Cl. The topological polar surface area (TPSA) is 90.3 Å². The lowest BCUT2D eigenvalue weighted by atomic mass is 9.94. The highest BCUT2D eigenvalue weighted by atomic mass is 35.5. The van der Waals surface area contributed by atoms with Crippen molar-refractivity contribution >= 4 is 29.1 Å². The van der Waals surface area contributed by atoms with Crippen molar-refractivity contribution in [3.8, 4) is 11.5 Å². The van der Waals surface area contributed by atoms with E-state index in [1.54, 1.807) is 11.8 Å². The number of aromatic nitrogens is 3. The Morgan fingerprint density at radius 3 is 2.68 bits per heavy atom. The van der Waals surface area contributed by atoms with Gasteiger partial charge in [-0.05, 0) is 61.7 Å². The molecule has 0 fully saturated rings. The van der Waals surface area contributed by atoms with Crippen LogP contribution in [0.15, 0.2) is 78.3 Å². The number of benzene rings is 3. The van der Waals surface area contributed by atoms with Crippen molar-refractivity contribution in [1.82, 2.24) is 14.8 Å². The number of amides is 1. The van der Waals surface area contributed by atoms with E-state index >= 15 is 0 Å². The van der Waals surface area contributed by atoms with Gasteiger partial charge in [0.2, 0.25) is 5.95 Å². The first kappa shape index (κ1) is 25.4. The molecule has 4 aromatic rings. The number of hydrogen-bond acceptors (Lipinski definition) is 6. The van der Waals surface area contributed by atoms with E-state index in [1.165, 1.54) is 6.33 Å². The van der Waals surface area contributed by atoms with Crippen molar-refractivity contribution in [1.29, 1.82) is 0 Å². The van der Waals surface area contributed by atoms with E-state index in [0.29, 0.717) is 40.3 Å². The number of carbonyl (C=O) groups is 1. The molecule has 5 rings (SSSR count). The summed E-state index contributed by atoms with van der Waals surface area (Å²) in [5, 5.41) is 11.4. The number of nitrogens with one attached hydrogen (secondary N) is 2. The van der Waals surface area contributed by atoms with E-state index in [0.717, 1.165) is 27.9 Å². The molecule has 2 N–H and O–H groups in total. The fourth-order valence-corrected chi connectivity index (χ4v) is 4.70. The second-order valence-electron chi connectivity index (χ2n) is 9.09. The van der Waals surface area contributed by atoms with Crippen LogP contribution in [0, 0.1) is 13.8 Å². The summed E-state index contributed by atoms with van der Waals surface area (Å²) in [5.41, 5.74) is 5.76. The summed E-state index contributed by atoms with van der Waals surface area (Å²) < 4.78 is 13.4. The van der Waals surface area contributed by atoms with Crippen LogP contribution in [0.3, 0.4) is 0 Å². The van der Waals surface area contributed by atoms with E-state index in [-0.39, 0.29) is 5.91 Å². The van der Waals surface area contributed by atoms with Crippen molar-refractivity contribution in [3.63, 3.8) is 0 Å². The maximum Gasteiger partial charge on any atom is 0.255 e. The lowest BCUT2D eigenvalue weighted by molar-refractivity contribution is -0.113. The van der Waals surface area contributed by atoms with Gasteiger partial charge in [-0.15, -0.1) is 0 Å². The number of anilines is 2. The smallest absolute Gasteiger partial charge is 0.255 e. The summed E-state index contributed by atoms with van der Waals surface area (Å²) in [5.74, 6) is 1.41. The van der Waals surface area contributed by atoms with Gasteiger partial charge in [-0.3, -0.25) is 4.79 Å². The van der Waals surface area contributed by atoms with Crippen molar-refractivity contribution in [3.05, 3.63) is 106 Å². The molecule has 0 bridgehead atoms. The second-order valence-corrected chi connectivity index (χ2v) is 9.49. The molecule has 1 aromatic heterocycles. The third-order valence-electron chi connectivity index (χ3n) is 6.74. The molecule has 2 heterocycles. The van der Waals surface area contributed by atoms with Crippen LogP contribution < -0.4 is 20.1 Å². The first-order valence-electron chi connectivity index (χ1n) is 12.2. The zero-order valence-electron chi connectivity index (χ0n) is 21.6. The molecule has 1 unspecified atom stereocenters. The number of hydrogen-bond donors (Lipinski definition) is 2. The first-order valence-corrected chi connectivity index (χ1v) is 12.5. The van der Waals surface area contributed by atoms with Crippen molar-refractivity contribution in [2.75, 3.05) is 17.7 Å². The third-order valence-corrected chi connectivity index (χ3v) is 7.10. The van der Waals surface area contributed by atoms with Crippen LogP contribution in [0.1, 0.15) is 35.2 Å². The Balaban J connectivity index is 1.49. The molecule has 0 saturated carbocycles. The average Bonchev–Trinajstić information content (AvgIpc) is 3.38. The van der Waals surface area contributed by atoms with Gasteiger partial charge in [-0.25, -0.2) is 4.68 Å². The largest absolute Gasteiger partial charge is 0.493 e. The van der Waals surface area contributed by atoms with E-state index in [9.17, 15) is 4.79 Å². The van der Waals surface area contributed by atoms with Crippen LogP contribution >= 0.6 is 11.6 Å². The molecule has 38 heavy (non-hydrogen) atoms. The quantitative estimate of drug-likeness (QED) is 0.302. The first-order chi connectivity index (χ1) is 18.4. The molecule has 0 spiro atoms. The Hall–Kier alpha value is -4.30. The van der Waals surface area contributed by atoms with Gasteiger partial charge in [0.05, 0.1) is 12.7 Å². The number of carbonyl (C=O) groups excluding carboxylic acids is 1. The fourth-order valence-electron chi connectivity index (χ4n) is 4.51. The molecular formula is C29H28ClN5O3. The van der Waals surface area contributed by atoms with Crippen molar-refractivity contribution < 1.29 is 14.3 Å². The van der Waals surface area contributed by atoms with Crippen LogP contribution in [0.2, 0.25) is 5.02 Å². The number of aryl methyl sites for hydroxylation is 1. The number of fused-ring (bicyclic) bond motifs is 1. The standard InChI is InChI=1S/C29H28ClN5O3/c1-17-8-7-11-23(18(17)2)34-28(36)26-19(3)33-29-31-16-32-35(29)27(26)20-12-13-24(25(14-20)37-4)38-15-21-9-5-6-10-22(21)30/h5-14,16,27H,15H2,1-4H3,(H,34,36)(H,31,32,33). The Bertz CT molecular complexity index is 1540. The minimum absolute atomic E-state index is 0.229. The van der Waals surface area contributed by atoms with Crippen LogP contribution in [0.5, 0.6) is 11.5 Å². The maximum absolute atomic E-state index is 13.7. The zero-order chi connectivity index (χ0) is 26.8. The molecule has 0 saturated heterocycles. The lowest BCUT2D eigenvalue weighted by Gasteiger charge is -2.29. The highest BCUT2D eigenvalue weighted by Crippen LogP contribution is 2.39. The summed E-state index contributed by atoms with van der Waals surface area (Å²) >= 11 is 6.29. The Kier molecular flexibility index (Phi) is 7.07. The normalized spacial score (nSPS) is 14.5. The monoisotopic (exact) mass is 529 g/mol. The number of allylic oxidation sites excluding steroid dienone is 1. The summed E-state index contributed by atoms with van der Waals surface area (Å²) in [4.78, 5) is 18.1. The van der Waals surface area contributed by atoms with Crippen LogP contribution in [-0.4, -0.2) is 27.8 Å². The van der Waals surface area contributed by atoms with Gasteiger partial charge in [-0.2, -0.15) is 10.1 Å². The summed E-state index contributed by atoms with van der Waals surface area (Å²) in [6, 6.07) is 18.4. The number of ether oxygens (including phenoxy) is 2. The van der Waals surface area contributed by atoms with Gasteiger partial charge >= 0.3 is 0 Å². The van der Waals surface area contributed by atoms with Gasteiger partial charge in [0.15, 0.2) is 11.5 Å². The Labute approximate surface area is 226 Å². The average molecular weight is 530 g/mol. The number of methoxy groups -OCH3 is 1. The van der Waals surface area contributed by atoms with Gasteiger partial charge in [-0.1, -0.05) is 48.0 Å². The van der Waals surface area contributed by atoms with Gasteiger partial charge in [0.25, 0.3) is 5.91 Å². The molecule has 9 heteroatoms. The zero-order valence-corrected chi connectivity index (χ0v) is 22.3. The summed E-state index contributed by atoms with van der Waals surface area (Å²) in [6.45, 7) is 6.16. The summed E-state index contributed by atoms with van der Waals surface area (Å²) in [6.07, 6.45) is 1.46. The van der Waals surface area contributed by atoms with E-state index in [1.807, 2.05) is 81.4 Å². The van der Waals surface area contributed by atoms with Crippen molar-refractivity contribution in [2.45, 2.75) is 33.4 Å². The van der Waals surface area contributed by atoms with Gasteiger partial charge < -0.3 is 20.1 Å². The highest BCUT2D eigenvalue weighted by Gasteiger charge is 2.34. The van der Waals surface area contributed by atoms with Gasteiger partial charge in [0.1, 0.15) is 19.0 Å². The predicted molar refractivity (Wildman–Crippen MR) is 148 cm³/mol. The molecule has 8 nitrogen and oxygen atoms in total. The number of nitrogens with zero attached hydrogens (tertiary/aromatic N) is 3. The van der Waals surface area contributed by atoms with E-state index < -0.39 is 6.04 Å². The minimum Gasteiger partial charge on any atom is -0.493 e. The van der Waals surface area contributed by atoms with Gasteiger partial charge in [0, 0.05) is 22.0 Å². The Morgan fingerprint density at radius 1 is 1.08 bits per heavy atom. The van der Waals surface area contributed by atoms with Crippen LogP contribution in [0.4, 0.5) is 11.6 Å². The van der Waals surface area contributed by atoms with Crippen LogP contribution in [0.25, 0.3) is 0 Å². The number of rotatable bonds is 7. The molecule has 1 amide bonds. The highest BCUT2D eigenvalue weighted by molar-refractivity contribution is 6.31. The molecule has 0 aliphatic carbocycles. The van der Waals surface area contributed by atoms with E-state index in [4.69, 9.17) is 21.1 Å². The molecule has 0 radical (unpaired) electrons. The van der Waals surface area contributed by atoms with Crippen LogP contribution in [-0.2, 0) is 11.4 Å². The molecule has 1 aliphatic rings. The Morgan fingerprint density at radius 2 is 1.89 bits per heavy atom. The molecule has 3 aromatic carbocycles. The summed E-state index contributed by atoms with van der Waals surface area (Å²) in [7, 11) is 1.58. The molecular weight excluding hydrogens is 502 g/mol. The van der Waals surface area contributed by atoms with Crippen molar-refractivity contribution in [2.24, 2.45) is 0 Å². The fraction of sp³-hybridized carbons (Fsp3) is 0.207. The number of halogens is 1. The predicted octanol–water partition coefficient (Wildman–Crippen LogP) is 6.06. The molecule has 1 aliphatic heterocycles. The molecule has 194 valence electrons.